The summed E-state index contributed by atoms with van der Waals surface area (Å²) in [5.41, 5.74) is 2.38. The molecule has 1 aliphatic rings. The zero-order chi connectivity index (χ0) is 12.3. The van der Waals surface area contributed by atoms with Crippen LogP contribution in [-0.4, -0.2) is 15.2 Å². The Morgan fingerprint density at radius 3 is 2.76 bits per heavy atom. The normalized spacial score (nSPS) is 16.1. The van der Waals surface area contributed by atoms with Crippen LogP contribution < -0.4 is 11.3 Å². The van der Waals surface area contributed by atoms with E-state index in [1.54, 1.807) is 11.8 Å². The molecule has 0 unspecified atom stereocenters. The average molecular weight is 254 g/mol. The van der Waals surface area contributed by atoms with Gasteiger partial charge >= 0.3 is 0 Å². The molecule has 0 saturated heterocycles. The second kappa shape index (κ2) is 5.33. The number of thioether (sulfide) groups is 1. The minimum absolute atomic E-state index is 0.0217. The van der Waals surface area contributed by atoms with E-state index in [1.165, 1.54) is 25.0 Å². The first-order chi connectivity index (χ1) is 8.19. The zero-order valence-electron chi connectivity index (χ0n) is 9.26. The summed E-state index contributed by atoms with van der Waals surface area (Å²) in [7, 11) is 0. The highest BCUT2D eigenvalue weighted by molar-refractivity contribution is 7.99. The lowest BCUT2D eigenvalue weighted by Crippen LogP contribution is -2.09. The summed E-state index contributed by atoms with van der Waals surface area (Å²) in [6, 6.07) is 2.84. The summed E-state index contributed by atoms with van der Waals surface area (Å²) in [4.78, 5) is 14.5. The maximum Gasteiger partial charge on any atom is 0.275 e. The maximum absolute atomic E-state index is 10.8. The molecular formula is C10H14N4O2S. The number of aromatic nitrogens is 1. The zero-order valence-corrected chi connectivity index (χ0v) is 10.1. The van der Waals surface area contributed by atoms with Crippen molar-refractivity contribution in [3.63, 3.8) is 0 Å². The summed E-state index contributed by atoms with van der Waals surface area (Å²) in [6.07, 6.45) is 4.77. The molecule has 0 aromatic carbocycles. The maximum atomic E-state index is 10.8. The molecule has 0 radical (unpaired) electrons. The number of anilines is 1. The van der Waals surface area contributed by atoms with Gasteiger partial charge in [-0.2, -0.15) is 0 Å². The molecule has 1 aromatic heterocycles. The van der Waals surface area contributed by atoms with Gasteiger partial charge in [0.25, 0.3) is 5.69 Å². The van der Waals surface area contributed by atoms with Gasteiger partial charge < -0.3 is 5.43 Å². The van der Waals surface area contributed by atoms with Crippen LogP contribution in [0.4, 0.5) is 11.5 Å². The van der Waals surface area contributed by atoms with Crippen LogP contribution in [0.1, 0.15) is 25.7 Å². The third-order valence-corrected chi connectivity index (χ3v) is 3.99. The molecule has 0 spiro atoms. The van der Waals surface area contributed by atoms with Gasteiger partial charge in [-0.1, -0.05) is 12.8 Å². The monoisotopic (exact) mass is 254 g/mol. The van der Waals surface area contributed by atoms with E-state index >= 15 is 0 Å². The summed E-state index contributed by atoms with van der Waals surface area (Å²) in [5, 5.41) is 11.9. The number of nitrogens with zero attached hydrogens (tertiary/aromatic N) is 2. The third kappa shape index (κ3) is 3.07. The number of nitrogen functional groups attached to an aromatic ring is 1. The van der Waals surface area contributed by atoms with E-state index in [-0.39, 0.29) is 5.69 Å². The Labute approximate surface area is 103 Å². The van der Waals surface area contributed by atoms with E-state index < -0.39 is 4.92 Å². The van der Waals surface area contributed by atoms with Crippen LogP contribution in [0, 0.1) is 10.1 Å². The predicted molar refractivity (Wildman–Crippen MR) is 66.8 cm³/mol. The quantitative estimate of drug-likeness (QED) is 0.486. The van der Waals surface area contributed by atoms with Crippen LogP contribution in [0.15, 0.2) is 17.2 Å². The average Bonchev–Trinajstić information content (AvgIpc) is 2.81. The van der Waals surface area contributed by atoms with Gasteiger partial charge in [0.05, 0.1) is 11.0 Å². The number of hydrogen-bond donors (Lipinski definition) is 2. The minimum atomic E-state index is -0.429. The first-order valence-corrected chi connectivity index (χ1v) is 6.37. The molecule has 0 aliphatic heterocycles. The SMILES string of the molecule is NNc1cc([N+](=O)[O-])cc(SC2CCCC2)n1. The number of hydrazine groups is 1. The van der Waals surface area contributed by atoms with Crippen molar-refractivity contribution in [3.05, 3.63) is 22.2 Å². The fourth-order valence-electron chi connectivity index (χ4n) is 1.91. The van der Waals surface area contributed by atoms with Gasteiger partial charge in [0, 0.05) is 11.3 Å². The third-order valence-electron chi connectivity index (χ3n) is 2.73. The highest BCUT2D eigenvalue weighted by atomic mass is 32.2. The van der Waals surface area contributed by atoms with Crippen LogP contribution >= 0.6 is 11.8 Å². The number of nitrogens with one attached hydrogen (secondary N) is 1. The first kappa shape index (κ1) is 12.1. The fourth-order valence-corrected chi connectivity index (χ4v) is 3.16. The van der Waals surface area contributed by atoms with Gasteiger partial charge in [0.1, 0.15) is 10.8 Å². The molecule has 1 aromatic rings. The van der Waals surface area contributed by atoms with E-state index in [1.807, 2.05) is 0 Å². The van der Waals surface area contributed by atoms with Crippen molar-refractivity contribution >= 4 is 23.3 Å². The highest BCUT2D eigenvalue weighted by Crippen LogP contribution is 2.35. The van der Waals surface area contributed by atoms with E-state index in [0.29, 0.717) is 16.1 Å². The number of pyridine rings is 1. The van der Waals surface area contributed by atoms with Gasteiger partial charge in [0.15, 0.2) is 0 Å². The minimum Gasteiger partial charge on any atom is -0.308 e. The Morgan fingerprint density at radius 1 is 1.47 bits per heavy atom. The van der Waals surface area contributed by atoms with Crippen LogP contribution in [0.3, 0.4) is 0 Å². The Bertz CT molecular complexity index is 421. The largest absolute Gasteiger partial charge is 0.308 e. The number of rotatable bonds is 4. The van der Waals surface area contributed by atoms with Gasteiger partial charge in [-0.05, 0) is 12.8 Å². The molecule has 3 N–H and O–H groups in total. The molecule has 0 bridgehead atoms. The van der Waals surface area contributed by atoms with E-state index in [9.17, 15) is 10.1 Å². The van der Waals surface area contributed by atoms with Gasteiger partial charge in [-0.25, -0.2) is 10.8 Å². The van der Waals surface area contributed by atoms with Crippen molar-refractivity contribution in [2.45, 2.75) is 36.0 Å². The Balaban J connectivity index is 2.19. The standard InChI is InChI=1S/C10H14N4O2S/c11-13-9-5-7(14(15)16)6-10(12-9)17-8-3-1-2-4-8/h5-6,8H,1-4,11H2,(H,12,13). The Kier molecular flexibility index (Phi) is 3.80. The van der Waals surface area contributed by atoms with Crippen molar-refractivity contribution in [1.82, 2.24) is 4.98 Å². The number of nitrogens with two attached hydrogens (primary N) is 1. The fraction of sp³-hybridized carbons (Fsp3) is 0.500. The van der Waals surface area contributed by atoms with Crippen LogP contribution in [0.25, 0.3) is 0 Å². The number of hydrogen-bond acceptors (Lipinski definition) is 6. The molecule has 1 fully saturated rings. The molecule has 6 nitrogen and oxygen atoms in total. The van der Waals surface area contributed by atoms with Crippen molar-refractivity contribution in [3.8, 4) is 0 Å². The van der Waals surface area contributed by atoms with Crippen LogP contribution in [0.2, 0.25) is 0 Å². The van der Waals surface area contributed by atoms with Crippen molar-refractivity contribution in [1.29, 1.82) is 0 Å². The van der Waals surface area contributed by atoms with Crippen molar-refractivity contribution in [2.24, 2.45) is 5.84 Å². The predicted octanol–water partition coefficient (Wildman–Crippen LogP) is 2.31. The molecule has 2 rings (SSSR count). The molecule has 0 amide bonds. The van der Waals surface area contributed by atoms with Crippen LogP contribution in [-0.2, 0) is 0 Å². The first-order valence-electron chi connectivity index (χ1n) is 5.49. The molecular weight excluding hydrogens is 240 g/mol. The highest BCUT2D eigenvalue weighted by Gasteiger charge is 2.19. The molecule has 0 atom stereocenters. The molecule has 7 heteroatoms. The van der Waals surface area contributed by atoms with Crippen LogP contribution in [0.5, 0.6) is 0 Å². The van der Waals surface area contributed by atoms with E-state index in [4.69, 9.17) is 5.84 Å². The topological polar surface area (TPSA) is 94.1 Å². The number of nitro groups is 1. The lowest BCUT2D eigenvalue weighted by atomic mass is 10.4. The lowest BCUT2D eigenvalue weighted by molar-refractivity contribution is -0.385. The van der Waals surface area contributed by atoms with Crippen molar-refractivity contribution < 1.29 is 4.92 Å². The summed E-state index contributed by atoms with van der Waals surface area (Å²) in [5.74, 6) is 5.58. The second-order valence-electron chi connectivity index (χ2n) is 3.97. The lowest BCUT2D eigenvalue weighted by Gasteiger charge is -2.08. The van der Waals surface area contributed by atoms with E-state index in [0.717, 1.165) is 12.8 Å². The van der Waals surface area contributed by atoms with E-state index in [2.05, 4.69) is 10.4 Å². The summed E-state index contributed by atoms with van der Waals surface area (Å²) in [6.45, 7) is 0. The molecule has 1 saturated carbocycles. The second-order valence-corrected chi connectivity index (χ2v) is 5.30. The van der Waals surface area contributed by atoms with Gasteiger partial charge in [0.2, 0.25) is 0 Å². The summed E-state index contributed by atoms with van der Waals surface area (Å²) < 4.78 is 0. The van der Waals surface area contributed by atoms with Gasteiger partial charge in [-0.3, -0.25) is 10.1 Å². The smallest absolute Gasteiger partial charge is 0.275 e. The molecule has 92 valence electrons. The molecule has 17 heavy (non-hydrogen) atoms. The Morgan fingerprint density at radius 2 is 2.18 bits per heavy atom. The molecule has 1 aliphatic carbocycles. The van der Waals surface area contributed by atoms with Crippen molar-refractivity contribution in [2.75, 3.05) is 5.43 Å². The molecule has 1 heterocycles. The van der Waals surface area contributed by atoms with Gasteiger partial charge in [-0.15, -0.1) is 11.8 Å². The summed E-state index contributed by atoms with van der Waals surface area (Å²) >= 11 is 1.60. The Hall–Kier alpha value is -1.34.